The number of hydrogen-bond acceptors (Lipinski definition) is 7. The first-order valence-corrected chi connectivity index (χ1v) is 9.81. The van der Waals surface area contributed by atoms with Crippen LogP contribution in [-0.4, -0.2) is 51.1 Å². The summed E-state index contributed by atoms with van der Waals surface area (Å²) in [5.74, 6) is 0.622. The molecule has 1 aromatic carbocycles. The quantitative estimate of drug-likeness (QED) is 0.670. The van der Waals surface area contributed by atoms with Crippen molar-refractivity contribution in [3.8, 4) is 0 Å². The lowest BCUT2D eigenvalue weighted by molar-refractivity contribution is 0.445. The molecule has 0 spiro atoms. The summed E-state index contributed by atoms with van der Waals surface area (Å²) >= 11 is 0. The van der Waals surface area contributed by atoms with Crippen LogP contribution in [0.4, 0.5) is 5.82 Å². The van der Waals surface area contributed by atoms with E-state index in [1.807, 2.05) is 32.9 Å². The molecule has 0 amide bonds. The Labute approximate surface area is 152 Å². The molecule has 2 aromatic heterocycles. The molecule has 9 nitrogen and oxygen atoms in total. The molecule has 0 aliphatic heterocycles. The Morgan fingerprint density at radius 1 is 1.12 bits per heavy atom. The van der Waals surface area contributed by atoms with Crippen molar-refractivity contribution in [2.24, 2.45) is 0 Å². The maximum absolute atomic E-state index is 12.5. The van der Waals surface area contributed by atoms with Crippen LogP contribution < -0.4 is 5.32 Å². The molecule has 1 N–H and O–H groups in total. The number of sulfonamides is 1. The van der Waals surface area contributed by atoms with Crippen molar-refractivity contribution in [2.75, 3.05) is 18.4 Å². The number of anilines is 1. The monoisotopic (exact) mass is 375 g/mol. The first-order chi connectivity index (χ1) is 12.5. The summed E-state index contributed by atoms with van der Waals surface area (Å²) in [5, 5.41) is 18.7. The Morgan fingerprint density at radius 3 is 2.46 bits per heavy atom. The third-order valence-electron chi connectivity index (χ3n) is 4.16. The van der Waals surface area contributed by atoms with Gasteiger partial charge in [0.15, 0.2) is 5.65 Å². The predicted molar refractivity (Wildman–Crippen MR) is 97.2 cm³/mol. The highest BCUT2D eigenvalue weighted by Crippen LogP contribution is 2.21. The summed E-state index contributed by atoms with van der Waals surface area (Å²) in [6.07, 6.45) is 0. The van der Waals surface area contributed by atoms with Crippen LogP contribution in [0.15, 0.2) is 41.3 Å². The minimum Gasteiger partial charge on any atom is -0.362 e. The van der Waals surface area contributed by atoms with Crippen molar-refractivity contribution in [3.63, 3.8) is 0 Å². The fourth-order valence-corrected chi connectivity index (χ4v) is 4.13. The SMILES string of the molecule is CCN(CC)S(=O)(=O)c1ccc(C(C)Nc2ccc3nnnn3n2)cc1. The van der Waals surface area contributed by atoms with Gasteiger partial charge in [-0.1, -0.05) is 26.0 Å². The van der Waals surface area contributed by atoms with Crippen molar-refractivity contribution in [3.05, 3.63) is 42.0 Å². The van der Waals surface area contributed by atoms with Gasteiger partial charge in [0.1, 0.15) is 5.82 Å². The van der Waals surface area contributed by atoms with E-state index in [4.69, 9.17) is 0 Å². The first kappa shape index (κ1) is 18.2. The molecule has 1 atom stereocenters. The van der Waals surface area contributed by atoms with Gasteiger partial charge < -0.3 is 5.32 Å². The normalized spacial score (nSPS) is 13.2. The van der Waals surface area contributed by atoms with Crippen molar-refractivity contribution >= 4 is 21.5 Å². The molecule has 0 fully saturated rings. The minimum absolute atomic E-state index is 0.0679. The van der Waals surface area contributed by atoms with Gasteiger partial charge in [-0.15, -0.1) is 14.8 Å². The van der Waals surface area contributed by atoms with Crippen LogP contribution in [0.1, 0.15) is 32.4 Å². The average Bonchev–Trinajstić information content (AvgIpc) is 3.10. The van der Waals surface area contributed by atoms with Crippen LogP contribution in [0.25, 0.3) is 5.65 Å². The van der Waals surface area contributed by atoms with Gasteiger partial charge in [0.2, 0.25) is 10.0 Å². The largest absolute Gasteiger partial charge is 0.362 e. The number of benzene rings is 1. The number of nitrogens with one attached hydrogen (secondary N) is 1. The fourth-order valence-electron chi connectivity index (χ4n) is 2.67. The van der Waals surface area contributed by atoms with E-state index in [2.05, 4.69) is 25.9 Å². The number of fused-ring (bicyclic) bond motifs is 1. The lowest BCUT2D eigenvalue weighted by atomic mass is 10.1. The first-order valence-electron chi connectivity index (χ1n) is 8.37. The zero-order chi connectivity index (χ0) is 18.7. The molecule has 0 saturated heterocycles. The molecule has 10 heteroatoms. The lowest BCUT2D eigenvalue weighted by Crippen LogP contribution is -2.30. The van der Waals surface area contributed by atoms with Gasteiger partial charge in [-0.2, -0.15) is 4.31 Å². The zero-order valence-corrected chi connectivity index (χ0v) is 15.7. The smallest absolute Gasteiger partial charge is 0.243 e. The van der Waals surface area contributed by atoms with Gasteiger partial charge in [0.25, 0.3) is 0 Å². The van der Waals surface area contributed by atoms with Gasteiger partial charge in [0, 0.05) is 19.1 Å². The summed E-state index contributed by atoms with van der Waals surface area (Å²) < 4.78 is 27.9. The van der Waals surface area contributed by atoms with Crippen molar-refractivity contribution < 1.29 is 8.42 Å². The Morgan fingerprint density at radius 2 is 1.81 bits per heavy atom. The number of hydrogen-bond donors (Lipinski definition) is 1. The Balaban J connectivity index is 1.77. The van der Waals surface area contributed by atoms with Gasteiger partial charge in [-0.05, 0) is 47.2 Å². The van der Waals surface area contributed by atoms with Crippen LogP contribution in [0, 0.1) is 0 Å². The van der Waals surface area contributed by atoms with E-state index in [0.717, 1.165) is 5.56 Å². The lowest BCUT2D eigenvalue weighted by Gasteiger charge is -2.19. The molecule has 26 heavy (non-hydrogen) atoms. The van der Waals surface area contributed by atoms with Gasteiger partial charge in [-0.3, -0.25) is 0 Å². The Bertz CT molecular complexity index is 981. The molecule has 2 heterocycles. The number of rotatable bonds is 7. The van der Waals surface area contributed by atoms with E-state index in [1.54, 1.807) is 24.3 Å². The maximum atomic E-state index is 12.5. The van der Waals surface area contributed by atoms with E-state index in [1.165, 1.54) is 8.94 Å². The van der Waals surface area contributed by atoms with Crippen molar-refractivity contribution in [2.45, 2.75) is 31.7 Å². The third-order valence-corrected chi connectivity index (χ3v) is 6.22. The van der Waals surface area contributed by atoms with Gasteiger partial charge in [-0.25, -0.2) is 8.42 Å². The second kappa shape index (κ2) is 7.34. The molecule has 3 rings (SSSR count). The number of nitrogens with zero attached hydrogens (tertiary/aromatic N) is 6. The summed E-state index contributed by atoms with van der Waals surface area (Å²) in [7, 11) is -3.45. The number of aromatic nitrogens is 5. The van der Waals surface area contributed by atoms with Crippen molar-refractivity contribution in [1.82, 2.24) is 29.6 Å². The standard InChI is InChI=1S/C16H21N7O2S/c1-4-22(5-2)26(24,25)14-8-6-13(7-9-14)12(3)17-15-10-11-16-18-20-21-23(16)19-15/h6-12H,4-5H2,1-3H3,(H,17,19). The van der Waals surface area contributed by atoms with Gasteiger partial charge >= 0.3 is 0 Å². The summed E-state index contributed by atoms with van der Waals surface area (Å²) in [5.41, 5.74) is 1.51. The maximum Gasteiger partial charge on any atom is 0.243 e. The van der Waals surface area contributed by atoms with Crippen LogP contribution in [-0.2, 0) is 10.0 Å². The molecule has 0 aliphatic rings. The second-order valence-electron chi connectivity index (χ2n) is 5.77. The molecule has 0 saturated carbocycles. The molecule has 0 aliphatic carbocycles. The molecule has 0 radical (unpaired) electrons. The predicted octanol–water partition coefficient (Wildman–Crippen LogP) is 1.72. The fraction of sp³-hybridized carbons (Fsp3) is 0.375. The summed E-state index contributed by atoms with van der Waals surface area (Å²) in [4.78, 5) is 0.297. The van der Waals surface area contributed by atoms with Crippen LogP contribution in [0.3, 0.4) is 0 Å². The highest BCUT2D eigenvalue weighted by molar-refractivity contribution is 7.89. The van der Waals surface area contributed by atoms with Gasteiger partial charge in [0.05, 0.1) is 4.90 Å². The molecule has 3 aromatic rings. The van der Waals surface area contributed by atoms with E-state index >= 15 is 0 Å². The Hall–Kier alpha value is -2.59. The average molecular weight is 375 g/mol. The summed E-state index contributed by atoms with van der Waals surface area (Å²) in [6, 6.07) is 10.4. The molecular weight excluding hydrogens is 354 g/mol. The minimum atomic E-state index is -3.45. The van der Waals surface area contributed by atoms with Crippen molar-refractivity contribution in [1.29, 1.82) is 0 Å². The second-order valence-corrected chi connectivity index (χ2v) is 7.71. The van der Waals surface area contributed by atoms with E-state index < -0.39 is 10.0 Å². The third kappa shape index (κ3) is 3.51. The summed E-state index contributed by atoms with van der Waals surface area (Å²) in [6.45, 7) is 6.53. The molecular formula is C16H21N7O2S. The van der Waals surface area contributed by atoms with Crippen LogP contribution in [0.5, 0.6) is 0 Å². The van der Waals surface area contributed by atoms with E-state index in [0.29, 0.717) is 29.5 Å². The van der Waals surface area contributed by atoms with E-state index in [-0.39, 0.29) is 6.04 Å². The molecule has 138 valence electrons. The topological polar surface area (TPSA) is 105 Å². The Kier molecular flexibility index (Phi) is 5.14. The van der Waals surface area contributed by atoms with E-state index in [9.17, 15) is 8.42 Å². The molecule has 1 unspecified atom stereocenters. The molecule has 0 bridgehead atoms. The van der Waals surface area contributed by atoms with Crippen LogP contribution in [0.2, 0.25) is 0 Å². The number of tetrazole rings is 1. The zero-order valence-electron chi connectivity index (χ0n) is 14.9. The van der Waals surface area contributed by atoms with Crippen LogP contribution >= 0.6 is 0 Å². The highest BCUT2D eigenvalue weighted by Gasteiger charge is 2.21. The highest BCUT2D eigenvalue weighted by atomic mass is 32.2.